The number of aryl methyl sites for hydroxylation is 1. The highest BCUT2D eigenvalue weighted by Crippen LogP contribution is 2.58. The van der Waals surface area contributed by atoms with E-state index in [0.29, 0.717) is 28.8 Å². The van der Waals surface area contributed by atoms with Crippen LogP contribution in [0.1, 0.15) is 74.6 Å². The van der Waals surface area contributed by atoms with Crippen molar-refractivity contribution in [2.45, 2.75) is 64.3 Å². The van der Waals surface area contributed by atoms with Crippen molar-refractivity contribution in [2.24, 2.45) is 23.7 Å². The first-order chi connectivity index (χ1) is 17.9. The Balaban J connectivity index is 1.34. The van der Waals surface area contributed by atoms with Gasteiger partial charge in [0.2, 0.25) is 5.69 Å². The first-order valence-corrected chi connectivity index (χ1v) is 14.0. The number of ether oxygens (including phenoxy) is 1. The molecule has 6 heteroatoms. The average molecular weight is 523 g/mol. The summed E-state index contributed by atoms with van der Waals surface area (Å²) in [6.07, 6.45) is 15.0. The van der Waals surface area contributed by atoms with E-state index >= 15 is 0 Å². The van der Waals surface area contributed by atoms with Crippen LogP contribution in [0.2, 0.25) is 5.02 Å². The summed E-state index contributed by atoms with van der Waals surface area (Å²) >= 11 is 6.77. The largest absolute Gasteiger partial charge is 0.506 e. The second kappa shape index (κ2) is 11.3. The number of unbranched alkanes of at least 4 members (excludes halogenated alkanes) is 2. The van der Waals surface area contributed by atoms with Crippen LogP contribution in [0.3, 0.4) is 0 Å². The summed E-state index contributed by atoms with van der Waals surface area (Å²) < 4.78 is 8.12. The van der Waals surface area contributed by atoms with E-state index in [1.807, 2.05) is 48.7 Å². The quantitative estimate of drug-likeness (QED) is 0.201. The lowest BCUT2D eigenvalue weighted by Gasteiger charge is -2.51. The minimum Gasteiger partial charge on any atom is -0.506 e. The molecule has 2 aromatic rings. The Morgan fingerprint density at radius 3 is 2.43 bits per heavy atom. The van der Waals surface area contributed by atoms with Crippen LogP contribution in [-0.4, -0.2) is 23.3 Å². The van der Waals surface area contributed by atoms with Gasteiger partial charge in [0.1, 0.15) is 18.1 Å². The molecule has 1 aromatic heterocycles. The van der Waals surface area contributed by atoms with Gasteiger partial charge in [0.25, 0.3) is 0 Å². The van der Waals surface area contributed by atoms with E-state index in [4.69, 9.17) is 21.4 Å². The molecule has 0 spiro atoms. The lowest BCUT2D eigenvalue weighted by Crippen LogP contribution is -2.40. The van der Waals surface area contributed by atoms with E-state index < -0.39 is 5.97 Å². The number of benzene rings is 1. The lowest BCUT2D eigenvalue weighted by atomic mass is 9.54. The number of carbonyl (C=O) groups is 1. The molecule has 4 bridgehead atoms. The predicted octanol–water partition coefficient (Wildman–Crippen LogP) is 6.96. The highest BCUT2D eigenvalue weighted by Gasteiger charge is 2.47. The SMILES string of the molecule is COC(=C1C2CC3CC(C2)CC1C3)c1ccc(/C=C/c2cccc[n+]2CCCCCC(=O)O)c(O)c1Cl. The van der Waals surface area contributed by atoms with Crippen LogP contribution in [0.15, 0.2) is 42.1 Å². The molecule has 196 valence electrons. The molecule has 4 saturated carbocycles. The number of hydrogen-bond acceptors (Lipinski definition) is 3. The molecule has 0 aliphatic heterocycles. The maximum atomic E-state index is 11.0. The number of halogens is 1. The highest BCUT2D eigenvalue weighted by atomic mass is 35.5. The fourth-order valence-electron chi connectivity index (χ4n) is 7.09. The van der Waals surface area contributed by atoms with Gasteiger partial charge in [0.05, 0.1) is 12.1 Å². The van der Waals surface area contributed by atoms with Gasteiger partial charge in [-0.25, -0.2) is 0 Å². The van der Waals surface area contributed by atoms with Gasteiger partial charge in [0, 0.05) is 42.2 Å². The number of nitrogens with zero attached hydrogens (tertiary/aromatic N) is 1. The van der Waals surface area contributed by atoms with Gasteiger partial charge in [-0.3, -0.25) is 4.79 Å². The Kier molecular flexibility index (Phi) is 7.89. The lowest BCUT2D eigenvalue weighted by molar-refractivity contribution is -0.699. The van der Waals surface area contributed by atoms with Crippen molar-refractivity contribution in [3.8, 4) is 5.75 Å². The molecule has 0 saturated heterocycles. The van der Waals surface area contributed by atoms with E-state index in [1.165, 1.54) is 37.7 Å². The molecule has 1 aromatic carbocycles. The van der Waals surface area contributed by atoms with E-state index in [-0.39, 0.29) is 12.2 Å². The van der Waals surface area contributed by atoms with Gasteiger partial charge in [0.15, 0.2) is 6.20 Å². The smallest absolute Gasteiger partial charge is 0.303 e. The Bertz CT molecular complexity index is 1190. The summed E-state index contributed by atoms with van der Waals surface area (Å²) in [5, 5.41) is 20.2. The molecular weight excluding hydrogens is 486 g/mol. The topological polar surface area (TPSA) is 70.6 Å². The number of carboxylic acids is 1. The van der Waals surface area contributed by atoms with Crippen molar-refractivity contribution in [2.75, 3.05) is 7.11 Å². The summed E-state index contributed by atoms with van der Waals surface area (Å²) in [5.74, 6) is 3.10. The second-order valence-electron chi connectivity index (χ2n) is 11.0. The maximum absolute atomic E-state index is 11.0. The van der Waals surface area contributed by atoms with Gasteiger partial charge >= 0.3 is 5.97 Å². The molecule has 0 unspecified atom stereocenters. The maximum Gasteiger partial charge on any atom is 0.303 e. The molecular formula is C31H37ClNO4+. The number of pyridine rings is 1. The number of aliphatic carboxylic acids is 1. The van der Waals surface area contributed by atoms with Crippen LogP contribution in [0.4, 0.5) is 0 Å². The number of methoxy groups -OCH3 is 1. The number of aromatic nitrogens is 1. The van der Waals surface area contributed by atoms with Crippen LogP contribution in [0.25, 0.3) is 17.9 Å². The van der Waals surface area contributed by atoms with Crippen molar-refractivity contribution in [1.82, 2.24) is 0 Å². The molecule has 6 rings (SSSR count). The van der Waals surface area contributed by atoms with Crippen molar-refractivity contribution in [1.29, 1.82) is 0 Å². The van der Waals surface area contributed by atoms with Crippen LogP contribution in [0.5, 0.6) is 5.75 Å². The number of hydrogen-bond donors (Lipinski definition) is 2. The van der Waals surface area contributed by atoms with Gasteiger partial charge in [-0.1, -0.05) is 17.7 Å². The molecule has 1 heterocycles. The van der Waals surface area contributed by atoms with Crippen LogP contribution in [0, 0.1) is 23.7 Å². The molecule has 2 N–H and O–H groups in total. The highest BCUT2D eigenvalue weighted by molar-refractivity contribution is 6.34. The molecule has 4 fully saturated rings. The zero-order valence-electron chi connectivity index (χ0n) is 21.5. The number of rotatable bonds is 10. The molecule has 4 aliphatic carbocycles. The number of aromatic hydroxyl groups is 1. The normalized spacial score (nSPS) is 24.1. The third kappa shape index (κ3) is 5.57. The van der Waals surface area contributed by atoms with Crippen LogP contribution < -0.4 is 4.57 Å². The van der Waals surface area contributed by atoms with E-state index in [0.717, 1.165) is 48.2 Å². The Morgan fingerprint density at radius 1 is 1.03 bits per heavy atom. The third-order valence-corrected chi connectivity index (χ3v) is 8.96. The first-order valence-electron chi connectivity index (χ1n) is 13.6. The van der Waals surface area contributed by atoms with E-state index in [2.05, 4.69) is 4.57 Å². The van der Waals surface area contributed by atoms with Crippen molar-refractivity contribution in [3.05, 3.63) is 63.9 Å². The molecule has 0 atom stereocenters. The summed E-state index contributed by atoms with van der Waals surface area (Å²) in [7, 11) is 1.73. The van der Waals surface area contributed by atoms with Crippen molar-refractivity contribution < 1.29 is 24.3 Å². The third-order valence-electron chi connectivity index (χ3n) is 8.58. The summed E-state index contributed by atoms with van der Waals surface area (Å²) in [4.78, 5) is 10.7. The van der Waals surface area contributed by atoms with Gasteiger partial charge in [-0.05, 0) is 92.4 Å². The zero-order chi connectivity index (χ0) is 25.9. The first kappa shape index (κ1) is 25.8. The second-order valence-corrected chi connectivity index (χ2v) is 11.4. The van der Waals surface area contributed by atoms with E-state index in [1.54, 1.807) is 7.11 Å². The van der Waals surface area contributed by atoms with Crippen molar-refractivity contribution in [3.63, 3.8) is 0 Å². The summed E-state index contributed by atoms with van der Waals surface area (Å²) in [6, 6.07) is 9.91. The number of phenols is 1. The fraction of sp³-hybridized carbons (Fsp3) is 0.484. The minimum absolute atomic E-state index is 0.0746. The van der Waals surface area contributed by atoms with Crippen LogP contribution in [-0.2, 0) is 16.1 Å². The number of allylic oxidation sites excluding steroid dienone is 1. The Labute approximate surface area is 224 Å². The van der Waals surface area contributed by atoms with E-state index in [9.17, 15) is 9.90 Å². The molecule has 0 radical (unpaired) electrons. The van der Waals surface area contributed by atoms with Crippen molar-refractivity contribution >= 4 is 35.5 Å². The van der Waals surface area contributed by atoms with Gasteiger partial charge in [-0.15, -0.1) is 0 Å². The van der Waals surface area contributed by atoms with Gasteiger partial charge < -0.3 is 14.9 Å². The monoisotopic (exact) mass is 522 g/mol. The average Bonchev–Trinajstić information content (AvgIpc) is 2.87. The minimum atomic E-state index is -0.743. The summed E-state index contributed by atoms with van der Waals surface area (Å²) in [6.45, 7) is 0.806. The number of carboxylic acid groups (broad SMARTS) is 1. The fourth-order valence-corrected chi connectivity index (χ4v) is 7.35. The Morgan fingerprint density at radius 2 is 1.76 bits per heavy atom. The Hall–Kier alpha value is -2.79. The predicted molar refractivity (Wildman–Crippen MR) is 146 cm³/mol. The molecule has 5 nitrogen and oxygen atoms in total. The van der Waals surface area contributed by atoms with Gasteiger partial charge in [-0.2, -0.15) is 4.57 Å². The molecule has 37 heavy (non-hydrogen) atoms. The standard InChI is InChI=1S/C31H36ClNO4/c1-37-31(28-23-16-20-15-21(18-23)19-24(28)17-20)26-12-10-22(30(36)29(26)32)9-11-25-7-4-6-14-33(25)13-5-2-3-8-27(34)35/h4,6-7,9-12,14,20-21,23-24H,2-3,5,8,13,15-19H2,1H3,(H,34,35)/p+1. The zero-order valence-corrected chi connectivity index (χ0v) is 22.3. The molecule has 0 amide bonds. The number of phenolic OH excluding ortho intramolecular Hbond substituents is 1. The van der Waals surface area contributed by atoms with Crippen LogP contribution >= 0.6 is 11.6 Å². The molecule has 4 aliphatic rings. The summed E-state index contributed by atoms with van der Waals surface area (Å²) in [5.41, 5.74) is 3.88.